The highest BCUT2D eigenvalue weighted by Gasteiger charge is 2.34. The van der Waals surface area contributed by atoms with E-state index in [0.29, 0.717) is 17.1 Å². The Bertz CT molecular complexity index is 1050. The summed E-state index contributed by atoms with van der Waals surface area (Å²) in [6.45, 7) is 1.61. The van der Waals surface area contributed by atoms with Crippen molar-refractivity contribution in [1.82, 2.24) is 10.6 Å². The molecule has 0 fully saturated rings. The molecule has 0 saturated heterocycles. The molecule has 2 aliphatic rings. The maximum absolute atomic E-state index is 12.7. The Morgan fingerprint density at radius 1 is 1.03 bits per heavy atom. The molecular formula is C22H20N2O7. The van der Waals surface area contributed by atoms with E-state index in [1.807, 2.05) is 6.07 Å². The molecule has 0 aliphatic carbocycles. The molecule has 4 rings (SSSR count). The van der Waals surface area contributed by atoms with Crippen LogP contribution in [0.25, 0.3) is 0 Å². The Hall–Kier alpha value is -4.01. The minimum Gasteiger partial charge on any atom is -0.463 e. The number of rotatable bonds is 6. The standard InChI is InChI=1S/C22H20N2O7/c1-2-28-21(26)18-15(23-22(27)24-19(18)13-6-4-3-5-7-13)11-29-20(25)14-8-9-16-17(10-14)31-12-30-16/h3-10,19H,2,11-12H2,1H3,(H2,23,24,27). The summed E-state index contributed by atoms with van der Waals surface area (Å²) in [6, 6.07) is 12.4. The minimum atomic E-state index is -0.742. The van der Waals surface area contributed by atoms with Crippen molar-refractivity contribution in [3.8, 4) is 11.5 Å². The Morgan fingerprint density at radius 2 is 1.81 bits per heavy atom. The van der Waals surface area contributed by atoms with Crippen molar-refractivity contribution in [2.24, 2.45) is 0 Å². The fourth-order valence-electron chi connectivity index (χ4n) is 3.32. The number of hydrogen-bond donors (Lipinski definition) is 2. The van der Waals surface area contributed by atoms with Gasteiger partial charge in [0.25, 0.3) is 0 Å². The number of urea groups is 1. The Morgan fingerprint density at radius 3 is 2.58 bits per heavy atom. The van der Waals surface area contributed by atoms with Crippen LogP contribution >= 0.6 is 0 Å². The van der Waals surface area contributed by atoms with E-state index in [0.717, 1.165) is 0 Å². The number of benzene rings is 2. The topological polar surface area (TPSA) is 112 Å². The summed E-state index contributed by atoms with van der Waals surface area (Å²) in [4.78, 5) is 37.5. The third-order valence-corrected chi connectivity index (χ3v) is 4.74. The summed E-state index contributed by atoms with van der Waals surface area (Å²) in [5.41, 5.74) is 1.28. The van der Waals surface area contributed by atoms with Crippen molar-refractivity contribution >= 4 is 18.0 Å². The van der Waals surface area contributed by atoms with Crippen LogP contribution in [-0.4, -0.2) is 38.0 Å². The molecule has 2 aliphatic heterocycles. The van der Waals surface area contributed by atoms with Gasteiger partial charge in [0.15, 0.2) is 11.5 Å². The average molecular weight is 424 g/mol. The van der Waals surface area contributed by atoms with Crippen molar-refractivity contribution < 1.29 is 33.3 Å². The number of ether oxygens (including phenoxy) is 4. The molecule has 9 nitrogen and oxygen atoms in total. The quantitative estimate of drug-likeness (QED) is 0.685. The molecule has 9 heteroatoms. The van der Waals surface area contributed by atoms with E-state index in [4.69, 9.17) is 18.9 Å². The first-order chi connectivity index (χ1) is 15.1. The van der Waals surface area contributed by atoms with Crippen molar-refractivity contribution in [3.63, 3.8) is 0 Å². The summed E-state index contributed by atoms with van der Waals surface area (Å²) in [5.74, 6) is -0.267. The van der Waals surface area contributed by atoms with E-state index >= 15 is 0 Å². The van der Waals surface area contributed by atoms with Gasteiger partial charge in [-0.3, -0.25) is 0 Å². The molecule has 0 aromatic heterocycles. The molecule has 2 heterocycles. The van der Waals surface area contributed by atoms with Crippen molar-refractivity contribution in [2.75, 3.05) is 20.0 Å². The minimum absolute atomic E-state index is 0.0868. The van der Waals surface area contributed by atoms with Crippen LogP contribution in [0.2, 0.25) is 0 Å². The molecule has 31 heavy (non-hydrogen) atoms. The molecule has 0 bridgehead atoms. The molecule has 2 aromatic carbocycles. The van der Waals surface area contributed by atoms with Crippen LogP contribution in [-0.2, 0) is 14.3 Å². The third-order valence-electron chi connectivity index (χ3n) is 4.74. The normalized spacial score (nSPS) is 16.9. The van der Waals surface area contributed by atoms with Gasteiger partial charge < -0.3 is 29.6 Å². The SMILES string of the molecule is CCOC(=O)C1=C(COC(=O)c2ccc3c(c2)OCO3)NC(=O)NC1c1ccccc1. The highest BCUT2D eigenvalue weighted by molar-refractivity contribution is 5.95. The van der Waals surface area contributed by atoms with Crippen LogP contribution in [0.15, 0.2) is 59.8 Å². The van der Waals surface area contributed by atoms with E-state index in [2.05, 4.69) is 10.6 Å². The predicted molar refractivity (Wildman–Crippen MR) is 107 cm³/mol. The number of fused-ring (bicyclic) bond motifs is 1. The molecular weight excluding hydrogens is 404 g/mol. The predicted octanol–water partition coefficient (Wildman–Crippen LogP) is 2.44. The lowest BCUT2D eigenvalue weighted by Crippen LogP contribution is -2.47. The zero-order chi connectivity index (χ0) is 21.8. The Balaban J connectivity index is 1.60. The van der Waals surface area contributed by atoms with Gasteiger partial charge in [-0.2, -0.15) is 0 Å². The number of hydrogen-bond acceptors (Lipinski definition) is 7. The van der Waals surface area contributed by atoms with Gasteiger partial charge in [0.2, 0.25) is 6.79 Å². The van der Waals surface area contributed by atoms with Gasteiger partial charge in [0.05, 0.1) is 29.5 Å². The summed E-state index contributed by atoms with van der Waals surface area (Å²) in [5, 5.41) is 5.28. The molecule has 0 radical (unpaired) electrons. The van der Waals surface area contributed by atoms with Gasteiger partial charge >= 0.3 is 18.0 Å². The van der Waals surface area contributed by atoms with Crippen LogP contribution < -0.4 is 20.1 Å². The van der Waals surface area contributed by atoms with E-state index in [9.17, 15) is 14.4 Å². The number of carbonyl (C=O) groups is 3. The fourth-order valence-corrected chi connectivity index (χ4v) is 3.32. The average Bonchev–Trinajstić information content (AvgIpc) is 3.25. The van der Waals surface area contributed by atoms with Crippen LogP contribution in [0.3, 0.4) is 0 Å². The summed E-state index contributed by atoms with van der Waals surface area (Å²) in [6.07, 6.45) is 0. The monoisotopic (exact) mass is 424 g/mol. The number of amides is 2. The second kappa shape index (κ2) is 8.78. The van der Waals surface area contributed by atoms with Gasteiger partial charge in [-0.15, -0.1) is 0 Å². The molecule has 1 unspecified atom stereocenters. The summed E-state index contributed by atoms with van der Waals surface area (Å²) in [7, 11) is 0. The first kappa shape index (κ1) is 20.3. The lowest BCUT2D eigenvalue weighted by atomic mass is 9.95. The zero-order valence-corrected chi connectivity index (χ0v) is 16.7. The van der Waals surface area contributed by atoms with E-state index in [1.54, 1.807) is 43.3 Å². The third kappa shape index (κ3) is 4.30. The number of carbonyl (C=O) groups excluding carboxylic acids is 3. The molecule has 2 aromatic rings. The second-order valence-electron chi connectivity index (χ2n) is 6.70. The largest absolute Gasteiger partial charge is 0.463 e. The maximum Gasteiger partial charge on any atom is 0.338 e. The fraction of sp³-hybridized carbons (Fsp3) is 0.227. The van der Waals surface area contributed by atoms with Crippen LogP contribution in [0.4, 0.5) is 4.79 Å². The summed E-state index contributed by atoms with van der Waals surface area (Å²) >= 11 is 0. The van der Waals surface area contributed by atoms with Crippen LogP contribution in [0.5, 0.6) is 11.5 Å². The number of esters is 2. The summed E-state index contributed by atoms with van der Waals surface area (Å²) < 4.78 is 21.1. The molecule has 160 valence electrons. The number of nitrogens with one attached hydrogen (secondary N) is 2. The van der Waals surface area contributed by atoms with Gasteiger partial charge in [-0.1, -0.05) is 30.3 Å². The lowest BCUT2D eigenvalue weighted by Gasteiger charge is -2.29. The van der Waals surface area contributed by atoms with E-state index < -0.39 is 24.0 Å². The lowest BCUT2D eigenvalue weighted by molar-refractivity contribution is -0.139. The van der Waals surface area contributed by atoms with Gasteiger partial charge in [0.1, 0.15) is 6.61 Å². The van der Waals surface area contributed by atoms with Crippen molar-refractivity contribution in [3.05, 3.63) is 70.9 Å². The Labute approximate surface area is 177 Å². The second-order valence-corrected chi connectivity index (χ2v) is 6.70. The van der Waals surface area contributed by atoms with Crippen LogP contribution in [0, 0.1) is 0 Å². The smallest absolute Gasteiger partial charge is 0.338 e. The molecule has 2 amide bonds. The molecule has 1 atom stereocenters. The van der Waals surface area contributed by atoms with Gasteiger partial charge in [0, 0.05) is 0 Å². The van der Waals surface area contributed by atoms with Crippen molar-refractivity contribution in [1.29, 1.82) is 0 Å². The van der Waals surface area contributed by atoms with Gasteiger partial charge in [-0.25, -0.2) is 14.4 Å². The molecule has 2 N–H and O–H groups in total. The van der Waals surface area contributed by atoms with Crippen LogP contribution in [0.1, 0.15) is 28.9 Å². The van der Waals surface area contributed by atoms with Gasteiger partial charge in [-0.05, 0) is 30.7 Å². The first-order valence-corrected chi connectivity index (χ1v) is 9.66. The molecule has 0 saturated carbocycles. The highest BCUT2D eigenvalue weighted by atomic mass is 16.7. The van der Waals surface area contributed by atoms with E-state index in [1.165, 1.54) is 6.07 Å². The Kier molecular flexibility index (Phi) is 5.74. The van der Waals surface area contributed by atoms with E-state index in [-0.39, 0.29) is 36.8 Å². The highest BCUT2D eigenvalue weighted by Crippen LogP contribution is 2.33. The molecule has 0 spiro atoms. The first-order valence-electron chi connectivity index (χ1n) is 9.66. The van der Waals surface area contributed by atoms with Crippen molar-refractivity contribution in [2.45, 2.75) is 13.0 Å². The zero-order valence-electron chi connectivity index (χ0n) is 16.7. The maximum atomic E-state index is 12.7.